The third kappa shape index (κ3) is 4.00. The lowest BCUT2D eigenvalue weighted by molar-refractivity contribution is 0.0939. The second-order valence-electron chi connectivity index (χ2n) is 5.09. The van der Waals surface area contributed by atoms with Gasteiger partial charge in [0.25, 0.3) is 5.91 Å². The number of amides is 1. The van der Waals surface area contributed by atoms with E-state index in [2.05, 4.69) is 21.7 Å². The Morgan fingerprint density at radius 3 is 2.77 bits per heavy atom. The molecule has 0 spiro atoms. The van der Waals surface area contributed by atoms with Gasteiger partial charge in [0.1, 0.15) is 5.75 Å². The van der Waals surface area contributed by atoms with Crippen molar-refractivity contribution in [3.63, 3.8) is 0 Å². The molecule has 2 rings (SSSR count). The molecule has 1 heterocycles. The molecule has 1 aromatic carbocycles. The lowest BCUT2D eigenvalue weighted by atomic mass is 10.1. The van der Waals surface area contributed by atoms with Crippen LogP contribution in [-0.4, -0.2) is 38.6 Å². The molecule has 4 nitrogen and oxygen atoms in total. The summed E-state index contributed by atoms with van der Waals surface area (Å²) in [4.78, 5) is 14.5. The van der Waals surface area contributed by atoms with E-state index in [1.807, 2.05) is 19.5 Å². The van der Waals surface area contributed by atoms with Gasteiger partial charge in [0.15, 0.2) is 0 Å². The van der Waals surface area contributed by atoms with Gasteiger partial charge in [-0.25, -0.2) is 0 Å². The largest absolute Gasteiger partial charge is 0.496 e. The van der Waals surface area contributed by atoms with E-state index < -0.39 is 0 Å². The number of nitrogens with zero attached hydrogens (tertiary/aromatic N) is 1. The molecule has 0 aliphatic carbocycles. The molecule has 6 heteroatoms. The summed E-state index contributed by atoms with van der Waals surface area (Å²) in [6, 6.07) is 7.21. The first-order valence-corrected chi connectivity index (χ1v) is 8.15. The number of rotatable bonds is 6. The number of carbonyl (C=O) groups is 1. The van der Waals surface area contributed by atoms with Crippen molar-refractivity contribution in [2.45, 2.75) is 6.04 Å². The zero-order chi connectivity index (χ0) is 16.1. The number of methoxy groups -OCH3 is 1. The van der Waals surface area contributed by atoms with Gasteiger partial charge in [-0.2, -0.15) is 11.3 Å². The highest BCUT2D eigenvalue weighted by atomic mass is 35.5. The molecular weight excluding hydrogens is 320 g/mol. The number of benzene rings is 1. The number of hydrogen-bond acceptors (Lipinski definition) is 4. The van der Waals surface area contributed by atoms with E-state index >= 15 is 0 Å². The van der Waals surface area contributed by atoms with Gasteiger partial charge in [-0.1, -0.05) is 11.6 Å². The van der Waals surface area contributed by atoms with Crippen LogP contribution in [0.25, 0.3) is 0 Å². The normalized spacial score (nSPS) is 12.2. The van der Waals surface area contributed by atoms with Crippen molar-refractivity contribution < 1.29 is 9.53 Å². The predicted molar refractivity (Wildman–Crippen MR) is 91.1 cm³/mol. The topological polar surface area (TPSA) is 41.6 Å². The quantitative estimate of drug-likeness (QED) is 0.877. The van der Waals surface area contributed by atoms with E-state index in [1.165, 1.54) is 12.7 Å². The van der Waals surface area contributed by atoms with Crippen LogP contribution in [-0.2, 0) is 0 Å². The van der Waals surface area contributed by atoms with Gasteiger partial charge < -0.3 is 15.0 Å². The lowest BCUT2D eigenvalue weighted by Gasteiger charge is -2.24. The summed E-state index contributed by atoms with van der Waals surface area (Å²) < 4.78 is 5.22. The minimum atomic E-state index is -0.193. The Morgan fingerprint density at radius 1 is 1.41 bits per heavy atom. The van der Waals surface area contributed by atoms with Gasteiger partial charge in [-0.15, -0.1) is 0 Å². The van der Waals surface area contributed by atoms with Crippen LogP contribution in [0.5, 0.6) is 5.75 Å². The summed E-state index contributed by atoms with van der Waals surface area (Å²) in [7, 11) is 5.52. The Hall–Kier alpha value is -1.56. The molecule has 0 aliphatic rings. The molecule has 22 heavy (non-hydrogen) atoms. The van der Waals surface area contributed by atoms with E-state index in [9.17, 15) is 4.79 Å². The third-order valence-corrected chi connectivity index (χ3v) is 4.35. The van der Waals surface area contributed by atoms with E-state index in [1.54, 1.807) is 29.5 Å². The van der Waals surface area contributed by atoms with Crippen LogP contribution in [0.1, 0.15) is 22.0 Å². The molecule has 1 N–H and O–H groups in total. The molecule has 0 saturated carbocycles. The van der Waals surface area contributed by atoms with Crippen molar-refractivity contribution in [1.29, 1.82) is 0 Å². The van der Waals surface area contributed by atoms with Gasteiger partial charge in [0.05, 0.1) is 18.7 Å². The second kappa shape index (κ2) is 7.63. The molecule has 0 bridgehead atoms. The van der Waals surface area contributed by atoms with E-state index in [4.69, 9.17) is 16.3 Å². The first-order chi connectivity index (χ1) is 10.5. The van der Waals surface area contributed by atoms with Gasteiger partial charge >= 0.3 is 0 Å². The minimum absolute atomic E-state index is 0.125. The Kier molecular flexibility index (Phi) is 5.83. The zero-order valence-corrected chi connectivity index (χ0v) is 14.4. The van der Waals surface area contributed by atoms with Crippen LogP contribution in [0.15, 0.2) is 35.0 Å². The fourth-order valence-corrected chi connectivity index (χ4v) is 3.08. The number of hydrogen-bond donors (Lipinski definition) is 1. The molecule has 2 aromatic rings. The van der Waals surface area contributed by atoms with Crippen molar-refractivity contribution in [1.82, 2.24) is 10.2 Å². The summed E-state index contributed by atoms with van der Waals surface area (Å²) in [6.45, 7) is 0.512. The Labute approximate surface area is 139 Å². The maximum absolute atomic E-state index is 12.4. The maximum Gasteiger partial charge on any atom is 0.255 e. The summed E-state index contributed by atoms with van der Waals surface area (Å²) in [5.41, 5.74) is 1.63. The molecule has 1 atom stereocenters. The van der Waals surface area contributed by atoms with Gasteiger partial charge in [-0.3, -0.25) is 4.79 Å². The van der Waals surface area contributed by atoms with Crippen molar-refractivity contribution in [2.75, 3.05) is 27.7 Å². The summed E-state index contributed by atoms with van der Waals surface area (Å²) in [5.74, 6) is 0.320. The van der Waals surface area contributed by atoms with E-state index in [0.717, 1.165) is 0 Å². The predicted octanol–water partition coefficient (Wildman–Crippen LogP) is 3.44. The first kappa shape index (κ1) is 16.8. The fraction of sp³-hybridized carbons (Fsp3) is 0.312. The molecular formula is C16H19ClN2O2S. The van der Waals surface area contributed by atoms with Crippen LogP contribution >= 0.6 is 22.9 Å². The summed E-state index contributed by atoms with van der Waals surface area (Å²) in [5, 5.41) is 7.59. The molecule has 0 fully saturated rings. The Bertz CT molecular complexity index is 629. The SMILES string of the molecule is COc1ccc(Cl)cc1C(=O)NC[C@@H](c1ccsc1)N(C)C. The van der Waals surface area contributed by atoms with Crippen molar-refractivity contribution in [3.05, 3.63) is 51.2 Å². The Balaban J connectivity index is 2.10. The molecule has 0 unspecified atom stereocenters. The van der Waals surface area contributed by atoms with E-state index in [-0.39, 0.29) is 11.9 Å². The number of likely N-dealkylation sites (N-methyl/N-ethyl adjacent to an activating group) is 1. The van der Waals surface area contributed by atoms with E-state index in [0.29, 0.717) is 22.9 Å². The van der Waals surface area contributed by atoms with Crippen LogP contribution in [0.2, 0.25) is 5.02 Å². The maximum atomic E-state index is 12.4. The fourth-order valence-electron chi connectivity index (χ4n) is 2.21. The highest BCUT2D eigenvalue weighted by molar-refractivity contribution is 7.07. The second-order valence-corrected chi connectivity index (χ2v) is 6.31. The average molecular weight is 339 g/mol. The molecule has 1 aromatic heterocycles. The number of ether oxygens (including phenoxy) is 1. The highest BCUT2D eigenvalue weighted by Crippen LogP contribution is 2.23. The minimum Gasteiger partial charge on any atom is -0.496 e. The smallest absolute Gasteiger partial charge is 0.255 e. The molecule has 118 valence electrons. The van der Waals surface area contributed by atoms with Crippen LogP contribution in [0.3, 0.4) is 0 Å². The van der Waals surface area contributed by atoms with Crippen LogP contribution in [0.4, 0.5) is 0 Å². The Morgan fingerprint density at radius 2 is 2.18 bits per heavy atom. The number of nitrogens with one attached hydrogen (secondary N) is 1. The summed E-state index contributed by atoms with van der Waals surface area (Å²) in [6.07, 6.45) is 0. The van der Waals surface area contributed by atoms with Crippen LogP contribution < -0.4 is 10.1 Å². The number of carbonyl (C=O) groups excluding carboxylic acids is 1. The van der Waals surface area contributed by atoms with Gasteiger partial charge in [0.2, 0.25) is 0 Å². The molecule has 0 saturated heterocycles. The molecule has 0 radical (unpaired) electrons. The van der Waals surface area contributed by atoms with Crippen molar-refractivity contribution >= 4 is 28.8 Å². The standard InChI is InChI=1S/C16H19ClN2O2S/c1-19(2)14(11-6-7-22-10-11)9-18-16(20)13-8-12(17)4-5-15(13)21-3/h4-8,10,14H,9H2,1-3H3,(H,18,20)/t14-/m0/s1. The van der Waals surface area contributed by atoms with Crippen molar-refractivity contribution in [3.8, 4) is 5.75 Å². The van der Waals surface area contributed by atoms with Gasteiger partial charge in [-0.05, 0) is 54.7 Å². The number of halogens is 1. The zero-order valence-electron chi connectivity index (χ0n) is 12.8. The first-order valence-electron chi connectivity index (χ1n) is 6.83. The molecule has 1 amide bonds. The third-order valence-electron chi connectivity index (χ3n) is 3.41. The lowest BCUT2D eigenvalue weighted by Crippen LogP contribution is -2.34. The average Bonchev–Trinajstić information content (AvgIpc) is 3.01. The molecule has 0 aliphatic heterocycles. The van der Waals surface area contributed by atoms with Gasteiger partial charge in [0, 0.05) is 11.6 Å². The monoisotopic (exact) mass is 338 g/mol. The highest BCUT2D eigenvalue weighted by Gasteiger charge is 2.18. The number of thiophene rings is 1. The summed E-state index contributed by atoms with van der Waals surface area (Å²) >= 11 is 7.62. The van der Waals surface area contributed by atoms with Crippen molar-refractivity contribution in [2.24, 2.45) is 0 Å². The van der Waals surface area contributed by atoms with Crippen LogP contribution in [0, 0.1) is 0 Å².